The van der Waals surface area contributed by atoms with Gasteiger partial charge in [-0.1, -0.05) is 23.2 Å². The van der Waals surface area contributed by atoms with Crippen LogP contribution in [0.2, 0.25) is 9.36 Å². The molecule has 0 aliphatic heterocycles. The maximum atomic E-state index is 6.08. The molecule has 3 aromatic rings. The standard InChI is InChI=1S/C14H12Cl2N2S/c15-8-1-2-12-9(5-8)11(7-18-12)10(6-17)13-3-4-14(16)19-13/h1-5,7,10,18H,6,17H2. The number of thiophene rings is 1. The van der Waals surface area contributed by atoms with E-state index in [2.05, 4.69) is 4.98 Å². The molecule has 0 aliphatic rings. The first-order valence-corrected chi connectivity index (χ1v) is 7.48. The first kappa shape index (κ1) is 13.0. The molecule has 2 heterocycles. The van der Waals surface area contributed by atoms with Crippen LogP contribution in [0.3, 0.4) is 0 Å². The van der Waals surface area contributed by atoms with Crippen molar-refractivity contribution in [2.24, 2.45) is 5.73 Å². The third-order valence-corrected chi connectivity index (χ3v) is 4.80. The Hall–Kier alpha value is -1.00. The molecule has 0 fully saturated rings. The van der Waals surface area contributed by atoms with E-state index in [1.165, 1.54) is 10.4 Å². The molecule has 0 aliphatic carbocycles. The van der Waals surface area contributed by atoms with Crippen molar-refractivity contribution < 1.29 is 0 Å². The molecule has 98 valence electrons. The summed E-state index contributed by atoms with van der Waals surface area (Å²) in [6, 6.07) is 9.78. The molecular weight excluding hydrogens is 299 g/mol. The van der Waals surface area contributed by atoms with Crippen molar-refractivity contribution in [2.45, 2.75) is 5.92 Å². The molecule has 0 spiro atoms. The molecule has 0 saturated carbocycles. The number of nitrogens with one attached hydrogen (secondary N) is 1. The van der Waals surface area contributed by atoms with Gasteiger partial charge in [0.25, 0.3) is 0 Å². The third kappa shape index (κ3) is 2.39. The van der Waals surface area contributed by atoms with Crippen LogP contribution in [0.15, 0.2) is 36.5 Å². The van der Waals surface area contributed by atoms with E-state index < -0.39 is 0 Å². The molecule has 5 heteroatoms. The van der Waals surface area contributed by atoms with Gasteiger partial charge >= 0.3 is 0 Å². The SMILES string of the molecule is NCC(c1ccc(Cl)s1)c1c[nH]c2ccc(Cl)cc12. The average Bonchev–Trinajstić information content (AvgIpc) is 2.98. The number of aromatic nitrogens is 1. The van der Waals surface area contributed by atoms with Crippen molar-refractivity contribution in [3.63, 3.8) is 0 Å². The molecule has 19 heavy (non-hydrogen) atoms. The minimum Gasteiger partial charge on any atom is -0.361 e. The van der Waals surface area contributed by atoms with E-state index in [4.69, 9.17) is 28.9 Å². The van der Waals surface area contributed by atoms with Crippen LogP contribution in [0.25, 0.3) is 10.9 Å². The highest BCUT2D eigenvalue weighted by molar-refractivity contribution is 7.16. The molecule has 2 nitrogen and oxygen atoms in total. The van der Waals surface area contributed by atoms with Crippen LogP contribution in [0.4, 0.5) is 0 Å². The fourth-order valence-electron chi connectivity index (χ4n) is 2.31. The van der Waals surface area contributed by atoms with E-state index in [0.29, 0.717) is 6.54 Å². The van der Waals surface area contributed by atoms with Gasteiger partial charge in [-0.3, -0.25) is 0 Å². The van der Waals surface area contributed by atoms with Crippen LogP contribution >= 0.6 is 34.5 Å². The van der Waals surface area contributed by atoms with Crippen molar-refractivity contribution in [3.05, 3.63) is 56.3 Å². The maximum absolute atomic E-state index is 6.08. The monoisotopic (exact) mass is 310 g/mol. The van der Waals surface area contributed by atoms with Gasteiger partial charge in [-0.15, -0.1) is 11.3 Å². The van der Waals surface area contributed by atoms with E-state index in [1.807, 2.05) is 36.5 Å². The quantitative estimate of drug-likeness (QED) is 0.728. The minimum absolute atomic E-state index is 0.143. The highest BCUT2D eigenvalue weighted by Crippen LogP contribution is 2.36. The number of rotatable bonds is 3. The zero-order valence-corrected chi connectivity index (χ0v) is 12.3. The van der Waals surface area contributed by atoms with Gasteiger partial charge in [0.2, 0.25) is 0 Å². The maximum Gasteiger partial charge on any atom is 0.0931 e. The Morgan fingerprint density at radius 1 is 1.21 bits per heavy atom. The van der Waals surface area contributed by atoms with Gasteiger partial charge in [-0.05, 0) is 35.9 Å². The smallest absolute Gasteiger partial charge is 0.0931 e. The number of benzene rings is 1. The van der Waals surface area contributed by atoms with Gasteiger partial charge in [0.05, 0.1) is 4.34 Å². The molecular formula is C14H12Cl2N2S. The summed E-state index contributed by atoms with van der Waals surface area (Å²) in [4.78, 5) is 4.44. The zero-order valence-electron chi connectivity index (χ0n) is 9.99. The summed E-state index contributed by atoms with van der Waals surface area (Å²) in [6.07, 6.45) is 2.01. The topological polar surface area (TPSA) is 41.8 Å². The van der Waals surface area contributed by atoms with E-state index in [1.54, 1.807) is 11.3 Å². The van der Waals surface area contributed by atoms with Gasteiger partial charge < -0.3 is 10.7 Å². The van der Waals surface area contributed by atoms with Crippen molar-refractivity contribution >= 4 is 45.4 Å². The molecule has 3 rings (SSSR count). The number of hydrogen-bond acceptors (Lipinski definition) is 2. The van der Waals surface area contributed by atoms with E-state index in [-0.39, 0.29) is 5.92 Å². The van der Waals surface area contributed by atoms with Gasteiger partial charge in [-0.2, -0.15) is 0 Å². The largest absolute Gasteiger partial charge is 0.361 e. The van der Waals surface area contributed by atoms with Crippen molar-refractivity contribution in [1.29, 1.82) is 0 Å². The van der Waals surface area contributed by atoms with Crippen molar-refractivity contribution in [2.75, 3.05) is 6.54 Å². The van der Waals surface area contributed by atoms with Crippen LogP contribution in [-0.2, 0) is 0 Å². The number of aromatic amines is 1. The number of fused-ring (bicyclic) bond motifs is 1. The number of nitrogens with two attached hydrogens (primary N) is 1. The Kier molecular flexibility index (Phi) is 3.54. The van der Waals surface area contributed by atoms with Crippen molar-refractivity contribution in [1.82, 2.24) is 4.98 Å². The highest BCUT2D eigenvalue weighted by Gasteiger charge is 2.18. The lowest BCUT2D eigenvalue weighted by Crippen LogP contribution is -2.12. The second-order valence-corrected chi connectivity index (χ2v) is 6.55. The second kappa shape index (κ2) is 5.17. The molecule has 0 amide bonds. The summed E-state index contributed by atoms with van der Waals surface area (Å²) in [5.41, 5.74) is 8.19. The van der Waals surface area contributed by atoms with Crippen LogP contribution in [0.5, 0.6) is 0 Å². The molecule has 0 saturated heterocycles. The lowest BCUT2D eigenvalue weighted by molar-refractivity contribution is 0.842. The summed E-state index contributed by atoms with van der Waals surface area (Å²) in [5, 5.41) is 1.85. The van der Waals surface area contributed by atoms with Gasteiger partial charge in [-0.25, -0.2) is 0 Å². The molecule has 0 bridgehead atoms. The summed E-state index contributed by atoms with van der Waals surface area (Å²) < 4.78 is 0.784. The zero-order chi connectivity index (χ0) is 13.4. The Bertz CT molecular complexity index is 717. The lowest BCUT2D eigenvalue weighted by atomic mass is 9.97. The fraction of sp³-hybridized carbons (Fsp3) is 0.143. The van der Waals surface area contributed by atoms with Crippen LogP contribution < -0.4 is 5.73 Å². The second-order valence-electron chi connectivity index (χ2n) is 4.36. The number of hydrogen-bond donors (Lipinski definition) is 2. The first-order valence-electron chi connectivity index (χ1n) is 5.91. The van der Waals surface area contributed by atoms with Crippen LogP contribution in [-0.4, -0.2) is 11.5 Å². The Morgan fingerprint density at radius 3 is 2.74 bits per heavy atom. The first-order chi connectivity index (χ1) is 9.19. The van der Waals surface area contributed by atoms with E-state index in [9.17, 15) is 0 Å². The normalized spacial score (nSPS) is 13.0. The number of H-pyrrole nitrogens is 1. The Morgan fingerprint density at radius 2 is 2.05 bits per heavy atom. The lowest BCUT2D eigenvalue weighted by Gasteiger charge is -2.12. The predicted octanol–water partition coefficient (Wildman–Crippen LogP) is 4.63. The Labute approximate surface area is 125 Å². The molecule has 1 unspecified atom stereocenters. The van der Waals surface area contributed by atoms with Gasteiger partial charge in [0.15, 0.2) is 0 Å². The van der Waals surface area contributed by atoms with E-state index in [0.717, 1.165) is 20.3 Å². The minimum atomic E-state index is 0.143. The fourth-order valence-corrected chi connectivity index (χ4v) is 3.68. The van der Waals surface area contributed by atoms with Gasteiger partial charge in [0.1, 0.15) is 0 Å². The average molecular weight is 311 g/mol. The van der Waals surface area contributed by atoms with Gasteiger partial charge in [0, 0.05) is 39.5 Å². The van der Waals surface area contributed by atoms with E-state index >= 15 is 0 Å². The van der Waals surface area contributed by atoms with Crippen LogP contribution in [0.1, 0.15) is 16.4 Å². The molecule has 0 radical (unpaired) electrons. The molecule has 1 aromatic carbocycles. The molecule has 1 atom stereocenters. The highest BCUT2D eigenvalue weighted by atomic mass is 35.5. The molecule has 3 N–H and O–H groups in total. The van der Waals surface area contributed by atoms with Crippen LogP contribution in [0, 0.1) is 0 Å². The summed E-state index contributed by atoms with van der Waals surface area (Å²) in [5.74, 6) is 0.143. The summed E-state index contributed by atoms with van der Waals surface area (Å²) >= 11 is 13.7. The summed E-state index contributed by atoms with van der Waals surface area (Å²) in [7, 11) is 0. The number of halogens is 2. The predicted molar refractivity (Wildman–Crippen MR) is 83.5 cm³/mol. The summed E-state index contributed by atoms with van der Waals surface area (Å²) in [6.45, 7) is 0.538. The Balaban J connectivity index is 2.13. The van der Waals surface area contributed by atoms with Crippen molar-refractivity contribution in [3.8, 4) is 0 Å². The molecule has 2 aromatic heterocycles. The third-order valence-electron chi connectivity index (χ3n) is 3.22.